The van der Waals surface area contributed by atoms with Crippen molar-refractivity contribution in [2.24, 2.45) is 0 Å². The predicted octanol–water partition coefficient (Wildman–Crippen LogP) is 2.09. The number of H-pyrrole nitrogens is 1. The van der Waals surface area contributed by atoms with Crippen LogP contribution >= 0.6 is 11.8 Å². The van der Waals surface area contributed by atoms with Gasteiger partial charge in [-0.1, -0.05) is 17.7 Å². The van der Waals surface area contributed by atoms with Crippen molar-refractivity contribution in [3.8, 4) is 0 Å². The number of thioether (sulfide) groups is 1. The molecule has 5 N–H and O–H groups in total. The zero-order valence-corrected chi connectivity index (χ0v) is 14.3. The van der Waals surface area contributed by atoms with Crippen LogP contribution in [0, 0.1) is 6.92 Å². The number of benzene rings is 1. The second kappa shape index (κ2) is 7.65. The zero-order valence-electron chi connectivity index (χ0n) is 13.5. The minimum absolute atomic E-state index is 0.000405. The summed E-state index contributed by atoms with van der Waals surface area (Å²) in [6.07, 6.45) is 3.34. The number of nitrogens with two attached hydrogens (primary N) is 1. The number of anilines is 1. The predicted molar refractivity (Wildman–Crippen MR) is 97.9 cm³/mol. The lowest BCUT2D eigenvalue weighted by Crippen LogP contribution is -2.34. The van der Waals surface area contributed by atoms with Gasteiger partial charge in [-0.3, -0.25) is 0 Å². The van der Waals surface area contributed by atoms with E-state index in [0.29, 0.717) is 12.4 Å². The lowest BCUT2D eigenvalue weighted by atomic mass is 10.2. The van der Waals surface area contributed by atoms with Crippen LogP contribution in [0.5, 0.6) is 0 Å². The molecule has 0 bridgehead atoms. The number of aromatic amines is 1. The number of hydrogen-bond donors (Lipinski definition) is 4. The maximum Gasteiger partial charge on any atom is 0.151 e. The average Bonchev–Trinajstić information content (AvgIpc) is 3.01. The molecule has 1 aromatic carbocycles. The summed E-state index contributed by atoms with van der Waals surface area (Å²) in [7, 11) is 0. The van der Waals surface area contributed by atoms with Crippen molar-refractivity contribution >= 4 is 28.6 Å². The van der Waals surface area contributed by atoms with Gasteiger partial charge in [-0.25, -0.2) is 9.97 Å². The van der Waals surface area contributed by atoms with Gasteiger partial charge < -0.3 is 21.1 Å². The van der Waals surface area contributed by atoms with Gasteiger partial charge in [0.1, 0.15) is 11.8 Å². The summed E-state index contributed by atoms with van der Waals surface area (Å²) in [5.41, 5.74) is 9.66. The molecule has 1 atom stereocenters. The second-order valence-corrected chi connectivity index (χ2v) is 6.77. The maximum atomic E-state index is 9.60. The van der Waals surface area contributed by atoms with Crippen molar-refractivity contribution in [3.63, 3.8) is 0 Å². The first-order chi connectivity index (χ1) is 11.7. The molecule has 126 valence electrons. The standard InChI is InChI=1S/C17H21N5OS/c1-11-2-4-14(5-3-11)24-9-13(8-23)19-6-12-7-20-16-15(12)21-10-22-17(16)18/h2-5,7,10,13,19-20,23H,6,8-9H2,1H3,(H2,18,21,22)/t13-/m1/s1. The Hall–Kier alpha value is -2.09. The Morgan fingerprint density at radius 3 is 2.83 bits per heavy atom. The third kappa shape index (κ3) is 3.87. The van der Waals surface area contributed by atoms with Crippen LogP contribution in [-0.2, 0) is 6.54 Å². The Labute approximate surface area is 144 Å². The molecule has 2 aromatic heterocycles. The fourth-order valence-corrected chi connectivity index (χ4v) is 3.35. The number of aromatic nitrogens is 3. The molecule has 0 unspecified atom stereocenters. The van der Waals surface area contributed by atoms with Gasteiger partial charge in [-0.15, -0.1) is 11.8 Å². The smallest absolute Gasteiger partial charge is 0.151 e. The fourth-order valence-electron chi connectivity index (χ4n) is 2.41. The van der Waals surface area contributed by atoms with Crippen LogP contribution in [0.25, 0.3) is 11.0 Å². The van der Waals surface area contributed by atoms with Gasteiger partial charge in [-0.05, 0) is 19.1 Å². The van der Waals surface area contributed by atoms with E-state index in [0.717, 1.165) is 22.3 Å². The molecule has 0 amide bonds. The van der Waals surface area contributed by atoms with E-state index >= 15 is 0 Å². The van der Waals surface area contributed by atoms with E-state index in [9.17, 15) is 5.11 Å². The number of aliphatic hydroxyl groups is 1. The topological polar surface area (TPSA) is 99.8 Å². The quantitative estimate of drug-likeness (QED) is 0.490. The second-order valence-electron chi connectivity index (χ2n) is 5.68. The van der Waals surface area contributed by atoms with E-state index in [1.54, 1.807) is 11.8 Å². The number of nitrogens with one attached hydrogen (secondary N) is 2. The molecule has 0 spiro atoms. The van der Waals surface area contributed by atoms with Crippen LogP contribution in [-0.4, -0.2) is 38.5 Å². The molecular weight excluding hydrogens is 322 g/mol. The zero-order chi connectivity index (χ0) is 16.9. The van der Waals surface area contributed by atoms with Gasteiger partial charge in [0.2, 0.25) is 0 Å². The summed E-state index contributed by atoms with van der Waals surface area (Å²) in [4.78, 5) is 12.6. The van der Waals surface area contributed by atoms with E-state index in [4.69, 9.17) is 5.73 Å². The van der Waals surface area contributed by atoms with Gasteiger partial charge in [0.05, 0.1) is 12.1 Å². The summed E-state index contributed by atoms with van der Waals surface area (Å²) in [6.45, 7) is 2.76. The normalized spacial score (nSPS) is 12.6. The molecule has 3 aromatic rings. The van der Waals surface area contributed by atoms with Crippen LogP contribution in [0.4, 0.5) is 5.82 Å². The molecule has 3 rings (SSSR count). The molecule has 7 heteroatoms. The summed E-state index contributed by atoms with van der Waals surface area (Å²) in [5.74, 6) is 1.24. The molecule has 0 saturated heterocycles. The highest BCUT2D eigenvalue weighted by Crippen LogP contribution is 2.21. The largest absolute Gasteiger partial charge is 0.395 e. The summed E-state index contributed by atoms with van der Waals surface area (Å²) < 4.78 is 0. The minimum atomic E-state index is 0.000405. The molecule has 2 heterocycles. The number of nitrogens with zero attached hydrogens (tertiary/aromatic N) is 2. The SMILES string of the molecule is Cc1ccc(SC[C@@H](CO)NCc2c[nH]c3c(N)ncnc23)cc1. The molecule has 6 nitrogen and oxygen atoms in total. The van der Waals surface area contributed by atoms with Gasteiger partial charge >= 0.3 is 0 Å². The Morgan fingerprint density at radius 1 is 1.29 bits per heavy atom. The lowest BCUT2D eigenvalue weighted by Gasteiger charge is -2.15. The molecular formula is C17H21N5OS. The summed E-state index contributed by atoms with van der Waals surface area (Å²) in [6, 6.07) is 8.40. The van der Waals surface area contributed by atoms with E-state index in [-0.39, 0.29) is 12.6 Å². The molecule has 0 aliphatic heterocycles. The molecule has 0 saturated carbocycles. The Balaban J connectivity index is 1.59. The first-order valence-corrected chi connectivity index (χ1v) is 8.76. The highest BCUT2D eigenvalue weighted by atomic mass is 32.2. The third-order valence-electron chi connectivity index (χ3n) is 3.85. The van der Waals surface area contributed by atoms with Crippen LogP contribution in [0.15, 0.2) is 41.7 Å². The first kappa shape index (κ1) is 16.8. The van der Waals surface area contributed by atoms with Crippen molar-refractivity contribution < 1.29 is 5.11 Å². The van der Waals surface area contributed by atoms with Crippen LogP contribution in [0.3, 0.4) is 0 Å². The number of aliphatic hydroxyl groups excluding tert-OH is 1. The number of fused-ring (bicyclic) bond motifs is 1. The Kier molecular flexibility index (Phi) is 5.34. The number of rotatable bonds is 7. The van der Waals surface area contributed by atoms with Gasteiger partial charge in [-0.2, -0.15) is 0 Å². The van der Waals surface area contributed by atoms with Crippen molar-refractivity contribution in [2.75, 3.05) is 18.1 Å². The highest BCUT2D eigenvalue weighted by Gasteiger charge is 2.12. The van der Waals surface area contributed by atoms with Crippen LogP contribution in [0.2, 0.25) is 0 Å². The molecule has 0 aliphatic rings. The Bertz CT molecular complexity index is 802. The van der Waals surface area contributed by atoms with E-state index in [1.807, 2.05) is 6.20 Å². The minimum Gasteiger partial charge on any atom is -0.395 e. The molecule has 24 heavy (non-hydrogen) atoms. The molecule has 0 aliphatic carbocycles. The lowest BCUT2D eigenvalue weighted by molar-refractivity contribution is 0.253. The summed E-state index contributed by atoms with van der Waals surface area (Å²) in [5, 5.41) is 13.0. The van der Waals surface area contributed by atoms with Crippen molar-refractivity contribution in [2.45, 2.75) is 24.4 Å². The van der Waals surface area contributed by atoms with Gasteiger partial charge in [0.25, 0.3) is 0 Å². The first-order valence-electron chi connectivity index (χ1n) is 7.77. The van der Waals surface area contributed by atoms with Gasteiger partial charge in [0, 0.05) is 35.0 Å². The Morgan fingerprint density at radius 2 is 2.08 bits per heavy atom. The average molecular weight is 343 g/mol. The number of aryl methyl sites for hydroxylation is 1. The van der Waals surface area contributed by atoms with Crippen molar-refractivity contribution in [3.05, 3.63) is 47.9 Å². The fraction of sp³-hybridized carbons (Fsp3) is 0.294. The number of hydrogen-bond acceptors (Lipinski definition) is 6. The third-order valence-corrected chi connectivity index (χ3v) is 5.02. The van der Waals surface area contributed by atoms with Crippen molar-refractivity contribution in [1.29, 1.82) is 0 Å². The van der Waals surface area contributed by atoms with Gasteiger partial charge in [0.15, 0.2) is 5.82 Å². The van der Waals surface area contributed by atoms with E-state index in [2.05, 4.69) is 51.5 Å². The van der Waals surface area contributed by atoms with Crippen molar-refractivity contribution in [1.82, 2.24) is 20.3 Å². The summed E-state index contributed by atoms with van der Waals surface area (Å²) >= 11 is 1.73. The van der Waals surface area contributed by atoms with E-state index < -0.39 is 0 Å². The number of nitrogen functional groups attached to an aromatic ring is 1. The van der Waals surface area contributed by atoms with Crippen LogP contribution < -0.4 is 11.1 Å². The van der Waals surface area contributed by atoms with E-state index in [1.165, 1.54) is 16.8 Å². The highest BCUT2D eigenvalue weighted by molar-refractivity contribution is 7.99. The van der Waals surface area contributed by atoms with Crippen LogP contribution in [0.1, 0.15) is 11.1 Å². The maximum absolute atomic E-state index is 9.60. The monoisotopic (exact) mass is 343 g/mol. The molecule has 0 fully saturated rings. The molecule has 0 radical (unpaired) electrons.